The lowest BCUT2D eigenvalue weighted by Gasteiger charge is -2.10. The molecule has 17 heavy (non-hydrogen) atoms. The third kappa shape index (κ3) is 2.94. The number of imidazole rings is 1. The number of aromatic amines is 1. The molecule has 1 aromatic carbocycles. The molecular weight excluding hydrogens is 234 g/mol. The number of hydrogen-bond acceptors (Lipinski definition) is 4. The Bertz CT molecular complexity index is 471. The number of rotatable bonds is 5. The van der Waals surface area contributed by atoms with Crippen LogP contribution in [0.4, 0.5) is 5.69 Å². The molecule has 2 rings (SSSR count). The Hall–Kier alpha value is -1.62. The SMILES string of the molecule is CCCOc1cccc(Sc2ncc[nH]2)c1N. The molecule has 0 aliphatic carbocycles. The molecule has 0 unspecified atom stereocenters. The highest BCUT2D eigenvalue weighted by molar-refractivity contribution is 7.99. The molecule has 0 bridgehead atoms. The van der Waals surface area contributed by atoms with Gasteiger partial charge in [0, 0.05) is 17.3 Å². The van der Waals surface area contributed by atoms with E-state index in [4.69, 9.17) is 10.5 Å². The Morgan fingerprint density at radius 3 is 3.06 bits per heavy atom. The summed E-state index contributed by atoms with van der Waals surface area (Å²) < 4.78 is 5.58. The number of nitrogens with zero attached hydrogens (tertiary/aromatic N) is 1. The number of benzene rings is 1. The molecular formula is C12H15N3OS. The van der Waals surface area contributed by atoms with Crippen molar-refractivity contribution in [3.8, 4) is 5.75 Å². The van der Waals surface area contributed by atoms with Gasteiger partial charge in [0.1, 0.15) is 5.75 Å². The van der Waals surface area contributed by atoms with Crippen molar-refractivity contribution in [1.82, 2.24) is 9.97 Å². The number of hydrogen-bond donors (Lipinski definition) is 2. The van der Waals surface area contributed by atoms with Crippen LogP contribution in [0.1, 0.15) is 13.3 Å². The van der Waals surface area contributed by atoms with E-state index < -0.39 is 0 Å². The maximum atomic E-state index is 6.05. The fourth-order valence-electron chi connectivity index (χ4n) is 1.36. The first-order valence-electron chi connectivity index (χ1n) is 5.49. The second-order valence-electron chi connectivity index (χ2n) is 3.51. The number of ether oxygens (including phenoxy) is 1. The molecule has 4 nitrogen and oxygen atoms in total. The first kappa shape index (κ1) is 11.9. The van der Waals surface area contributed by atoms with Gasteiger partial charge in [0.25, 0.3) is 0 Å². The summed E-state index contributed by atoms with van der Waals surface area (Å²) in [6.45, 7) is 2.75. The summed E-state index contributed by atoms with van der Waals surface area (Å²) >= 11 is 1.50. The summed E-state index contributed by atoms with van der Waals surface area (Å²) in [5.74, 6) is 0.739. The molecule has 0 radical (unpaired) electrons. The number of nitrogens with two attached hydrogens (primary N) is 1. The van der Waals surface area contributed by atoms with Crippen LogP contribution < -0.4 is 10.5 Å². The predicted molar refractivity (Wildman–Crippen MR) is 69.4 cm³/mol. The van der Waals surface area contributed by atoms with E-state index in [9.17, 15) is 0 Å². The smallest absolute Gasteiger partial charge is 0.170 e. The van der Waals surface area contributed by atoms with E-state index in [1.807, 2.05) is 18.2 Å². The van der Waals surface area contributed by atoms with Gasteiger partial charge in [0.05, 0.1) is 12.3 Å². The fraction of sp³-hybridized carbons (Fsp3) is 0.250. The molecule has 0 atom stereocenters. The summed E-state index contributed by atoms with van der Waals surface area (Å²) in [5.41, 5.74) is 6.72. The van der Waals surface area contributed by atoms with Crippen molar-refractivity contribution < 1.29 is 4.74 Å². The van der Waals surface area contributed by atoms with Gasteiger partial charge in [-0.25, -0.2) is 4.98 Å². The predicted octanol–water partition coefficient (Wildman–Crippen LogP) is 2.93. The Labute approximate surface area is 105 Å². The standard InChI is InChI=1S/C12H15N3OS/c1-2-8-16-9-4-3-5-10(11(9)13)17-12-14-6-7-15-12/h3-7H,2,8,13H2,1H3,(H,14,15). The first-order valence-corrected chi connectivity index (χ1v) is 6.31. The monoisotopic (exact) mass is 249 g/mol. The molecule has 2 aromatic rings. The number of H-pyrrole nitrogens is 1. The Morgan fingerprint density at radius 2 is 2.35 bits per heavy atom. The minimum atomic E-state index is 0.669. The van der Waals surface area contributed by atoms with Gasteiger partial charge in [0.2, 0.25) is 0 Å². The van der Waals surface area contributed by atoms with Gasteiger partial charge in [-0.15, -0.1) is 0 Å². The van der Waals surface area contributed by atoms with Crippen LogP contribution >= 0.6 is 11.8 Å². The molecule has 0 aliphatic rings. The van der Waals surface area contributed by atoms with Crippen LogP contribution in [-0.2, 0) is 0 Å². The minimum Gasteiger partial charge on any atom is -0.491 e. The highest BCUT2D eigenvalue weighted by Crippen LogP contribution is 2.35. The lowest BCUT2D eigenvalue weighted by molar-refractivity contribution is 0.318. The van der Waals surface area contributed by atoms with Gasteiger partial charge < -0.3 is 15.5 Å². The largest absolute Gasteiger partial charge is 0.491 e. The van der Waals surface area contributed by atoms with Gasteiger partial charge >= 0.3 is 0 Å². The van der Waals surface area contributed by atoms with E-state index in [1.54, 1.807) is 12.4 Å². The zero-order valence-electron chi connectivity index (χ0n) is 9.64. The fourth-order valence-corrected chi connectivity index (χ4v) is 2.17. The second kappa shape index (κ2) is 5.63. The zero-order valence-corrected chi connectivity index (χ0v) is 10.5. The van der Waals surface area contributed by atoms with Crippen molar-refractivity contribution in [1.29, 1.82) is 0 Å². The van der Waals surface area contributed by atoms with Crippen LogP contribution in [0, 0.1) is 0 Å². The number of nitrogen functional groups attached to an aromatic ring is 1. The van der Waals surface area contributed by atoms with Gasteiger partial charge in [-0.05, 0) is 30.3 Å². The molecule has 0 fully saturated rings. The number of aromatic nitrogens is 2. The summed E-state index contributed by atoms with van der Waals surface area (Å²) in [7, 11) is 0. The Morgan fingerprint density at radius 1 is 1.47 bits per heavy atom. The summed E-state index contributed by atoms with van der Waals surface area (Å²) in [5, 5.41) is 0.823. The minimum absolute atomic E-state index is 0.669. The highest BCUT2D eigenvalue weighted by Gasteiger charge is 2.08. The van der Waals surface area contributed by atoms with Crippen LogP contribution in [0.5, 0.6) is 5.75 Å². The van der Waals surface area contributed by atoms with E-state index in [0.717, 1.165) is 22.2 Å². The van der Waals surface area contributed by atoms with E-state index in [0.29, 0.717) is 12.3 Å². The molecule has 0 amide bonds. The van der Waals surface area contributed by atoms with Crippen LogP contribution in [0.15, 0.2) is 40.6 Å². The zero-order chi connectivity index (χ0) is 12.1. The Kier molecular flexibility index (Phi) is 3.93. The quantitative estimate of drug-likeness (QED) is 0.800. The third-order valence-electron chi connectivity index (χ3n) is 2.17. The van der Waals surface area contributed by atoms with Crippen LogP contribution in [-0.4, -0.2) is 16.6 Å². The molecule has 0 aliphatic heterocycles. The molecule has 1 heterocycles. The number of para-hydroxylation sites is 1. The average molecular weight is 249 g/mol. The van der Waals surface area contributed by atoms with E-state index in [2.05, 4.69) is 16.9 Å². The molecule has 0 saturated carbocycles. The van der Waals surface area contributed by atoms with Gasteiger partial charge in [-0.1, -0.05) is 13.0 Å². The molecule has 0 saturated heterocycles. The molecule has 5 heteroatoms. The lowest BCUT2D eigenvalue weighted by atomic mass is 10.3. The molecule has 1 aromatic heterocycles. The van der Waals surface area contributed by atoms with E-state index >= 15 is 0 Å². The molecule has 3 N–H and O–H groups in total. The molecule has 0 spiro atoms. The Balaban J connectivity index is 2.17. The summed E-state index contributed by atoms with van der Waals surface area (Å²) in [4.78, 5) is 8.14. The van der Waals surface area contributed by atoms with E-state index in [-0.39, 0.29) is 0 Å². The van der Waals surface area contributed by atoms with Crippen molar-refractivity contribution in [2.24, 2.45) is 0 Å². The van der Waals surface area contributed by atoms with Crippen LogP contribution in [0.3, 0.4) is 0 Å². The van der Waals surface area contributed by atoms with Crippen LogP contribution in [0.2, 0.25) is 0 Å². The average Bonchev–Trinajstić information content (AvgIpc) is 2.83. The second-order valence-corrected chi connectivity index (χ2v) is 4.54. The summed E-state index contributed by atoms with van der Waals surface area (Å²) in [6.07, 6.45) is 4.47. The maximum Gasteiger partial charge on any atom is 0.170 e. The van der Waals surface area contributed by atoms with E-state index in [1.165, 1.54) is 11.8 Å². The van der Waals surface area contributed by atoms with Gasteiger partial charge in [0.15, 0.2) is 5.16 Å². The highest BCUT2D eigenvalue weighted by atomic mass is 32.2. The van der Waals surface area contributed by atoms with Crippen molar-refractivity contribution in [2.75, 3.05) is 12.3 Å². The molecule has 90 valence electrons. The third-order valence-corrected chi connectivity index (χ3v) is 3.16. The lowest BCUT2D eigenvalue weighted by Crippen LogP contribution is -2.00. The topological polar surface area (TPSA) is 63.9 Å². The van der Waals surface area contributed by atoms with Gasteiger partial charge in [-0.2, -0.15) is 0 Å². The van der Waals surface area contributed by atoms with Crippen molar-refractivity contribution in [3.05, 3.63) is 30.6 Å². The van der Waals surface area contributed by atoms with Gasteiger partial charge in [-0.3, -0.25) is 0 Å². The number of anilines is 1. The van der Waals surface area contributed by atoms with Crippen molar-refractivity contribution in [2.45, 2.75) is 23.4 Å². The summed E-state index contributed by atoms with van der Waals surface area (Å²) in [6, 6.07) is 5.78. The number of nitrogens with one attached hydrogen (secondary N) is 1. The van der Waals surface area contributed by atoms with Crippen molar-refractivity contribution >= 4 is 17.4 Å². The first-order chi connectivity index (χ1) is 8.31. The normalized spacial score (nSPS) is 10.4. The van der Waals surface area contributed by atoms with Crippen LogP contribution in [0.25, 0.3) is 0 Å². The maximum absolute atomic E-state index is 6.05. The van der Waals surface area contributed by atoms with Crippen molar-refractivity contribution in [3.63, 3.8) is 0 Å².